The lowest BCUT2D eigenvalue weighted by atomic mass is 10.00. The second-order valence-electron chi connectivity index (χ2n) is 3.81. The van der Waals surface area contributed by atoms with E-state index in [0.717, 1.165) is 0 Å². The van der Waals surface area contributed by atoms with E-state index in [0.29, 0.717) is 12.8 Å². The van der Waals surface area contributed by atoms with Crippen molar-refractivity contribution in [2.24, 2.45) is 5.73 Å². The number of hydrogen-bond acceptors (Lipinski definition) is 1. The summed E-state index contributed by atoms with van der Waals surface area (Å²) in [6.07, 6.45) is 2.67. The van der Waals surface area contributed by atoms with Gasteiger partial charge in [-0.1, -0.05) is 6.08 Å². The molecule has 0 amide bonds. The molecule has 0 bridgehead atoms. The molecule has 2 N–H and O–H groups in total. The summed E-state index contributed by atoms with van der Waals surface area (Å²) in [5.41, 5.74) is 4.49. The second kappa shape index (κ2) is 5.95. The van der Waals surface area contributed by atoms with Gasteiger partial charge in [0.25, 0.3) is 0 Å². The quantitative estimate of drug-likeness (QED) is 0.283. The van der Waals surface area contributed by atoms with Gasteiger partial charge >= 0.3 is 0 Å². The normalized spacial score (nSPS) is 12.6. The van der Waals surface area contributed by atoms with Gasteiger partial charge in [-0.05, 0) is 19.3 Å². The average molecular weight is 265 g/mol. The van der Waals surface area contributed by atoms with Gasteiger partial charge in [-0.15, -0.1) is 6.58 Å². The molecular weight excluding hydrogens is 253 g/mol. The Labute approximate surface area is 101 Å². The first-order chi connectivity index (χ1) is 8.41. The van der Waals surface area contributed by atoms with E-state index in [4.69, 9.17) is 5.73 Å². The molecule has 0 aromatic heterocycles. The Hall–Kier alpha value is -1.43. The van der Waals surface area contributed by atoms with Crippen LogP contribution in [0.1, 0.15) is 30.9 Å². The van der Waals surface area contributed by atoms with Crippen molar-refractivity contribution in [3.63, 3.8) is 0 Å². The molecular formula is C12H12F5N. The third-order valence-electron chi connectivity index (χ3n) is 2.54. The Bertz CT molecular complexity index is 429. The minimum Gasteiger partial charge on any atom is -0.324 e. The molecule has 0 aliphatic rings. The Morgan fingerprint density at radius 3 is 1.83 bits per heavy atom. The van der Waals surface area contributed by atoms with Crippen LogP contribution < -0.4 is 5.73 Å². The molecule has 0 heterocycles. The van der Waals surface area contributed by atoms with Gasteiger partial charge in [0, 0.05) is 11.6 Å². The van der Waals surface area contributed by atoms with Gasteiger partial charge in [-0.3, -0.25) is 0 Å². The minimum atomic E-state index is -2.17. The molecule has 100 valence electrons. The number of allylic oxidation sites excluding steroid dienone is 1. The molecule has 0 radical (unpaired) electrons. The maximum absolute atomic E-state index is 13.3. The molecule has 0 aliphatic carbocycles. The molecule has 0 saturated carbocycles. The van der Waals surface area contributed by atoms with E-state index in [2.05, 4.69) is 6.58 Å². The highest BCUT2D eigenvalue weighted by Crippen LogP contribution is 2.28. The first-order valence-corrected chi connectivity index (χ1v) is 5.29. The Kier molecular flexibility index (Phi) is 4.84. The van der Waals surface area contributed by atoms with E-state index < -0.39 is 40.7 Å². The summed E-state index contributed by atoms with van der Waals surface area (Å²) in [6, 6.07) is -1.24. The number of benzene rings is 1. The van der Waals surface area contributed by atoms with E-state index in [1.807, 2.05) is 0 Å². The van der Waals surface area contributed by atoms with Crippen LogP contribution in [0.5, 0.6) is 0 Å². The van der Waals surface area contributed by atoms with Crippen molar-refractivity contribution < 1.29 is 22.0 Å². The zero-order chi connectivity index (χ0) is 13.9. The Morgan fingerprint density at radius 2 is 1.39 bits per heavy atom. The van der Waals surface area contributed by atoms with Crippen LogP contribution in [0.4, 0.5) is 22.0 Å². The van der Waals surface area contributed by atoms with Crippen LogP contribution in [0, 0.1) is 29.1 Å². The third kappa shape index (κ3) is 2.69. The fourth-order valence-corrected chi connectivity index (χ4v) is 1.57. The smallest absolute Gasteiger partial charge is 0.200 e. The van der Waals surface area contributed by atoms with Crippen molar-refractivity contribution in [2.45, 2.75) is 25.3 Å². The first-order valence-electron chi connectivity index (χ1n) is 5.29. The summed E-state index contributed by atoms with van der Waals surface area (Å²) < 4.78 is 65.3. The monoisotopic (exact) mass is 265 g/mol. The molecule has 0 aliphatic heterocycles. The highest BCUT2D eigenvalue weighted by molar-refractivity contribution is 5.26. The first kappa shape index (κ1) is 14.6. The highest BCUT2D eigenvalue weighted by Gasteiger charge is 2.28. The Balaban J connectivity index is 3.12. The number of halogens is 5. The van der Waals surface area contributed by atoms with Crippen LogP contribution in [0.25, 0.3) is 0 Å². The van der Waals surface area contributed by atoms with Gasteiger partial charge in [-0.2, -0.15) is 0 Å². The zero-order valence-electron chi connectivity index (χ0n) is 9.45. The lowest BCUT2D eigenvalue weighted by Crippen LogP contribution is -2.18. The number of rotatable bonds is 5. The zero-order valence-corrected chi connectivity index (χ0v) is 9.45. The van der Waals surface area contributed by atoms with Gasteiger partial charge in [-0.25, -0.2) is 22.0 Å². The summed E-state index contributed by atoms with van der Waals surface area (Å²) in [6.45, 7) is 3.45. The molecule has 18 heavy (non-hydrogen) atoms. The predicted octanol–water partition coefficient (Wildman–Crippen LogP) is 3.74. The predicted molar refractivity (Wildman–Crippen MR) is 57.2 cm³/mol. The SMILES string of the molecule is C=CCCCC(N)c1c(F)c(F)c(F)c(F)c1F. The van der Waals surface area contributed by atoms with Crippen molar-refractivity contribution in [1.82, 2.24) is 0 Å². The fourth-order valence-electron chi connectivity index (χ4n) is 1.57. The lowest BCUT2D eigenvalue weighted by Gasteiger charge is -2.14. The standard InChI is InChI=1S/C12H12F5N/c1-2-3-4-5-6(18)7-8(13)10(15)12(17)11(16)9(7)14/h2,6H,1,3-5,18H2. The van der Waals surface area contributed by atoms with Crippen LogP contribution in [0.15, 0.2) is 12.7 Å². The minimum absolute atomic E-state index is 0.102. The second-order valence-corrected chi connectivity index (χ2v) is 3.81. The van der Waals surface area contributed by atoms with Crippen LogP contribution in [0.2, 0.25) is 0 Å². The van der Waals surface area contributed by atoms with E-state index >= 15 is 0 Å². The van der Waals surface area contributed by atoms with Crippen LogP contribution >= 0.6 is 0 Å². The van der Waals surface area contributed by atoms with Crippen LogP contribution in [0.3, 0.4) is 0 Å². The molecule has 1 unspecified atom stereocenters. The highest BCUT2D eigenvalue weighted by atomic mass is 19.2. The van der Waals surface area contributed by atoms with Crippen LogP contribution in [-0.4, -0.2) is 0 Å². The van der Waals surface area contributed by atoms with Gasteiger partial charge in [0.2, 0.25) is 5.82 Å². The molecule has 1 atom stereocenters. The summed E-state index contributed by atoms with van der Waals surface area (Å²) in [5, 5.41) is 0. The maximum Gasteiger partial charge on any atom is 0.200 e. The van der Waals surface area contributed by atoms with Crippen LogP contribution in [-0.2, 0) is 0 Å². The summed E-state index contributed by atoms with van der Waals surface area (Å²) in [5.74, 6) is -9.84. The average Bonchev–Trinajstić information content (AvgIpc) is 2.34. The third-order valence-corrected chi connectivity index (χ3v) is 2.54. The molecule has 1 aromatic rings. The molecule has 1 nitrogen and oxygen atoms in total. The van der Waals surface area contributed by atoms with Crippen molar-refractivity contribution in [2.75, 3.05) is 0 Å². The molecule has 0 spiro atoms. The topological polar surface area (TPSA) is 26.0 Å². The summed E-state index contributed by atoms with van der Waals surface area (Å²) in [7, 11) is 0. The van der Waals surface area contributed by atoms with Crippen molar-refractivity contribution in [3.05, 3.63) is 47.3 Å². The van der Waals surface area contributed by atoms with E-state index in [-0.39, 0.29) is 6.42 Å². The molecule has 6 heteroatoms. The lowest BCUT2D eigenvalue weighted by molar-refractivity contribution is 0.361. The molecule has 1 rings (SSSR count). The summed E-state index contributed by atoms with van der Waals surface area (Å²) in [4.78, 5) is 0. The van der Waals surface area contributed by atoms with Crippen molar-refractivity contribution >= 4 is 0 Å². The van der Waals surface area contributed by atoms with E-state index in [1.54, 1.807) is 6.08 Å². The fraction of sp³-hybridized carbons (Fsp3) is 0.333. The van der Waals surface area contributed by atoms with E-state index in [9.17, 15) is 22.0 Å². The molecule has 0 fully saturated rings. The maximum atomic E-state index is 13.3. The van der Waals surface area contributed by atoms with Crippen molar-refractivity contribution in [1.29, 1.82) is 0 Å². The van der Waals surface area contributed by atoms with Gasteiger partial charge in [0.1, 0.15) is 0 Å². The molecule has 0 saturated heterocycles. The van der Waals surface area contributed by atoms with Gasteiger partial charge in [0.05, 0.1) is 0 Å². The Morgan fingerprint density at radius 1 is 0.944 bits per heavy atom. The van der Waals surface area contributed by atoms with Crippen molar-refractivity contribution in [3.8, 4) is 0 Å². The van der Waals surface area contributed by atoms with Gasteiger partial charge in [0.15, 0.2) is 23.3 Å². The van der Waals surface area contributed by atoms with E-state index in [1.165, 1.54) is 0 Å². The number of hydrogen-bond donors (Lipinski definition) is 1. The summed E-state index contributed by atoms with van der Waals surface area (Å²) >= 11 is 0. The number of nitrogens with two attached hydrogens (primary N) is 1. The number of unbranched alkanes of at least 4 members (excludes halogenated alkanes) is 1. The molecule has 1 aromatic carbocycles. The largest absolute Gasteiger partial charge is 0.324 e. The van der Waals surface area contributed by atoms with Gasteiger partial charge < -0.3 is 5.73 Å².